The summed E-state index contributed by atoms with van der Waals surface area (Å²) in [5.74, 6) is 0. The first-order valence-corrected chi connectivity index (χ1v) is 11.3. The quantitative estimate of drug-likeness (QED) is 0.381. The lowest BCUT2D eigenvalue weighted by atomic mass is 9.82. The van der Waals surface area contributed by atoms with Crippen molar-refractivity contribution < 1.29 is 9.76 Å². The molecule has 0 saturated heterocycles. The summed E-state index contributed by atoms with van der Waals surface area (Å²) in [6, 6.07) is 20.9. The van der Waals surface area contributed by atoms with Gasteiger partial charge in [-0.15, -0.1) is 11.3 Å². The predicted octanol–water partition coefficient (Wildman–Crippen LogP) is 5.14. The van der Waals surface area contributed by atoms with Crippen LogP contribution < -0.4 is 5.46 Å². The van der Waals surface area contributed by atoms with Crippen molar-refractivity contribution in [2.24, 2.45) is 0 Å². The van der Waals surface area contributed by atoms with Crippen LogP contribution in [0.15, 0.2) is 60.7 Å². The Bertz CT molecular complexity index is 1400. The lowest BCUT2D eigenvalue weighted by Gasteiger charge is -2.37. The van der Waals surface area contributed by atoms with Gasteiger partial charge in [0.25, 0.3) is 0 Å². The molecule has 0 amide bonds. The highest BCUT2D eigenvalue weighted by Gasteiger charge is 2.35. The highest BCUT2D eigenvalue weighted by atomic mass is 32.1. The van der Waals surface area contributed by atoms with Crippen LogP contribution in [-0.4, -0.2) is 33.8 Å². The van der Waals surface area contributed by atoms with Crippen molar-refractivity contribution in [1.82, 2.24) is 9.97 Å². The summed E-state index contributed by atoms with van der Waals surface area (Å²) in [5, 5.41) is 13.7. The van der Waals surface area contributed by atoms with Crippen molar-refractivity contribution in [3.63, 3.8) is 0 Å². The van der Waals surface area contributed by atoms with Crippen LogP contribution in [0.4, 0.5) is 0 Å². The fraction of sp³-hybridized carbons (Fsp3) is 0.240. The number of H-pyrrole nitrogens is 1. The summed E-state index contributed by atoms with van der Waals surface area (Å²) in [4.78, 5) is 8.45. The third kappa shape index (κ3) is 3.55. The minimum atomic E-state index is -0.924. The monoisotopic (exact) mass is 428 g/mol. The van der Waals surface area contributed by atoms with Crippen molar-refractivity contribution in [3.05, 3.63) is 60.7 Å². The van der Waals surface area contributed by atoms with Crippen LogP contribution in [0.1, 0.15) is 27.7 Å². The Morgan fingerprint density at radius 3 is 2.48 bits per heavy atom. The predicted molar refractivity (Wildman–Crippen MR) is 133 cm³/mol. The molecule has 0 spiro atoms. The third-order valence-corrected chi connectivity index (χ3v) is 7.42. The van der Waals surface area contributed by atoms with Gasteiger partial charge in [-0.2, -0.15) is 0 Å². The van der Waals surface area contributed by atoms with E-state index >= 15 is 0 Å². The fourth-order valence-corrected chi connectivity index (χ4v) is 4.71. The molecule has 2 heterocycles. The molecule has 0 radical (unpaired) electrons. The van der Waals surface area contributed by atoms with Gasteiger partial charge < -0.3 is 14.7 Å². The van der Waals surface area contributed by atoms with E-state index in [2.05, 4.69) is 47.4 Å². The number of rotatable bonds is 5. The van der Waals surface area contributed by atoms with Crippen LogP contribution in [-0.2, 0) is 4.65 Å². The van der Waals surface area contributed by atoms with E-state index in [-0.39, 0.29) is 0 Å². The van der Waals surface area contributed by atoms with Crippen LogP contribution >= 0.6 is 11.3 Å². The smallest absolute Gasteiger partial charge is 0.309 e. The second-order valence-electron chi connectivity index (χ2n) is 9.08. The summed E-state index contributed by atoms with van der Waals surface area (Å²) < 4.78 is 7.25. The summed E-state index contributed by atoms with van der Waals surface area (Å²) >= 11 is 1.72. The van der Waals surface area contributed by atoms with Crippen LogP contribution in [0.3, 0.4) is 0 Å². The minimum Gasteiger partial charge on any atom is -0.427 e. The van der Waals surface area contributed by atoms with Crippen molar-refractivity contribution in [2.45, 2.75) is 38.9 Å². The van der Waals surface area contributed by atoms with Gasteiger partial charge in [0.1, 0.15) is 5.01 Å². The average Bonchev–Trinajstić information content (AvgIpc) is 3.33. The minimum absolute atomic E-state index is 0.445. The number of benzene rings is 3. The zero-order chi connectivity index (χ0) is 21.8. The van der Waals surface area contributed by atoms with E-state index in [0.717, 1.165) is 32.6 Å². The maximum Gasteiger partial charge on any atom is 0.309 e. The summed E-state index contributed by atoms with van der Waals surface area (Å²) in [6.45, 7) is 7.39. The highest BCUT2D eigenvalue weighted by Crippen LogP contribution is 2.37. The van der Waals surface area contributed by atoms with E-state index in [0.29, 0.717) is 7.48 Å². The van der Waals surface area contributed by atoms with Crippen molar-refractivity contribution in [2.75, 3.05) is 0 Å². The summed E-state index contributed by atoms with van der Waals surface area (Å²) in [7, 11) is 0.445. The number of nitrogens with one attached hydrogen (secondary N) is 1. The SMILES string of the molecule is CC(C)(O)C(C)(C)OBc1ccc2[nH]c3c(ccc4nc(-c5ccccc5)sc43)c2c1. The molecule has 0 aliphatic rings. The van der Waals surface area contributed by atoms with Gasteiger partial charge in [-0.3, -0.25) is 0 Å². The Hall–Kier alpha value is -2.67. The van der Waals surface area contributed by atoms with Crippen LogP contribution in [0.5, 0.6) is 0 Å². The molecule has 156 valence electrons. The molecule has 0 unspecified atom stereocenters. The molecular weight excluding hydrogens is 403 g/mol. The zero-order valence-electron chi connectivity index (χ0n) is 18.2. The molecule has 31 heavy (non-hydrogen) atoms. The molecule has 0 bridgehead atoms. The molecule has 5 rings (SSSR count). The molecule has 0 atom stereocenters. The molecule has 6 heteroatoms. The fourth-order valence-electron chi connectivity index (χ4n) is 3.63. The van der Waals surface area contributed by atoms with Gasteiger partial charge in [-0.25, -0.2) is 4.98 Å². The van der Waals surface area contributed by atoms with Gasteiger partial charge in [-0.1, -0.05) is 47.9 Å². The molecule has 0 aliphatic heterocycles. The number of hydrogen-bond donors (Lipinski definition) is 2. The number of thiazole rings is 1. The normalized spacial score (nSPS) is 12.8. The number of aliphatic hydroxyl groups is 1. The van der Waals surface area contributed by atoms with Crippen molar-refractivity contribution in [1.29, 1.82) is 0 Å². The maximum absolute atomic E-state index is 10.4. The van der Waals surface area contributed by atoms with Gasteiger partial charge in [0.2, 0.25) is 0 Å². The number of nitrogens with zero attached hydrogens (tertiary/aromatic N) is 1. The molecule has 0 saturated carbocycles. The number of hydrogen-bond acceptors (Lipinski definition) is 4. The molecular formula is C25H25BN2O2S. The van der Waals surface area contributed by atoms with E-state index in [9.17, 15) is 5.11 Å². The molecule has 3 aromatic carbocycles. The van der Waals surface area contributed by atoms with Crippen molar-refractivity contribution in [3.8, 4) is 10.6 Å². The second-order valence-corrected chi connectivity index (χ2v) is 10.1. The van der Waals surface area contributed by atoms with E-state index in [1.807, 2.05) is 32.0 Å². The summed E-state index contributed by atoms with van der Waals surface area (Å²) in [5.41, 5.74) is 3.89. The third-order valence-electron chi connectivity index (χ3n) is 6.29. The molecule has 2 aromatic heterocycles. The maximum atomic E-state index is 10.4. The van der Waals surface area contributed by atoms with Crippen LogP contribution in [0.2, 0.25) is 0 Å². The summed E-state index contributed by atoms with van der Waals surface area (Å²) in [6.07, 6.45) is 0. The Balaban J connectivity index is 1.55. The van der Waals surface area contributed by atoms with Gasteiger partial charge in [0, 0.05) is 21.9 Å². The Kier molecular flexibility index (Phi) is 4.70. The Morgan fingerprint density at radius 2 is 1.74 bits per heavy atom. The first kappa shape index (κ1) is 20.2. The molecule has 5 aromatic rings. The molecule has 0 aliphatic carbocycles. The second kappa shape index (κ2) is 7.19. The van der Waals surface area contributed by atoms with Gasteiger partial charge in [0.15, 0.2) is 0 Å². The van der Waals surface area contributed by atoms with Crippen molar-refractivity contribution >= 4 is 56.3 Å². The Morgan fingerprint density at radius 1 is 0.968 bits per heavy atom. The number of aromatic nitrogens is 2. The van der Waals surface area contributed by atoms with E-state index in [1.54, 1.807) is 25.2 Å². The standard InChI is InChI=1S/C25H25BN2O2S/c1-24(2,29)25(3,4)30-26-16-10-12-19-18(14-16)17-11-13-20-22(21(17)27-19)31-23(28-20)15-8-6-5-7-9-15/h5-14,26-27,29H,1-4H3. The largest absolute Gasteiger partial charge is 0.427 e. The highest BCUT2D eigenvalue weighted by molar-refractivity contribution is 7.22. The van der Waals surface area contributed by atoms with E-state index in [4.69, 9.17) is 9.64 Å². The molecule has 4 nitrogen and oxygen atoms in total. The van der Waals surface area contributed by atoms with E-state index in [1.165, 1.54) is 15.5 Å². The molecule has 2 N–H and O–H groups in total. The first-order valence-electron chi connectivity index (χ1n) is 10.5. The van der Waals surface area contributed by atoms with Crippen LogP contribution in [0.25, 0.3) is 42.6 Å². The van der Waals surface area contributed by atoms with E-state index < -0.39 is 11.2 Å². The number of aromatic amines is 1. The first-order chi connectivity index (χ1) is 14.7. The van der Waals surface area contributed by atoms with Gasteiger partial charge in [-0.05, 0) is 45.9 Å². The lowest BCUT2D eigenvalue weighted by Crippen LogP contribution is -2.49. The topological polar surface area (TPSA) is 58.1 Å². The average molecular weight is 428 g/mol. The molecule has 0 fully saturated rings. The van der Waals surface area contributed by atoms with Gasteiger partial charge in [0.05, 0.1) is 26.9 Å². The number of fused-ring (bicyclic) bond motifs is 5. The lowest BCUT2D eigenvalue weighted by molar-refractivity contribution is -0.0893. The Labute approximate surface area is 186 Å². The van der Waals surface area contributed by atoms with Gasteiger partial charge >= 0.3 is 7.48 Å². The van der Waals surface area contributed by atoms with Crippen LogP contribution in [0, 0.1) is 0 Å². The zero-order valence-corrected chi connectivity index (χ0v) is 19.0.